The minimum Gasteiger partial charge on any atom is -0.368 e. The third-order valence-corrected chi connectivity index (χ3v) is 6.51. The van der Waals surface area contributed by atoms with E-state index in [1.54, 1.807) is 0 Å². The standard InChI is InChI=1S/C22H24ClN5OS/c1-2-28-21(18-10-6-7-11-19(18)23)24-25-22(28)30-16-20(29)27-14-12-26(13-15-27)17-8-4-3-5-9-17/h3-11H,2,12-16H2,1H3. The molecule has 0 bridgehead atoms. The second kappa shape index (κ2) is 9.53. The van der Waals surface area contributed by atoms with Crippen LogP contribution >= 0.6 is 23.4 Å². The van der Waals surface area contributed by atoms with Crippen molar-refractivity contribution in [1.82, 2.24) is 19.7 Å². The van der Waals surface area contributed by atoms with Crippen LogP contribution in [0.15, 0.2) is 59.8 Å². The fourth-order valence-electron chi connectivity index (χ4n) is 3.59. The monoisotopic (exact) mass is 441 g/mol. The van der Waals surface area contributed by atoms with Crippen LogP contribution < -0.4 is 4.90 Å². The fraction of sp³-hybridized carbons (Fsp3) is 0.318. The first kappa shape index (κ1) is 20.8. The molecule has 1 aromatic heterocycles. The van der Waals surface area contributed by atoms with Gasteiger partial charge in [0.1, 0.15) is 0 Å². The predicted molar refractivity (Wildman–Crippen MR) is 122 cm³/mol. The number of piperazine rings is 1. The molecule has 0 spiro atoms. The molecule has 0 saturated carbocycles. The molecule has 3 aromatic rings. The smallest absolute Gasteiger partial charge is 0.233 e. The van der Waals surface area contributed by atoms with Gasteiger partial charge >= 0.3 is 0 Å². The Morgan fingerprint density at radius 2 is 1.70 bits per heavy atom. The Bertz CT molecular complexity index is 1000. The van der Waals surface area contributed by atoms with E-state index in [1.807, 2.05) is 58.9 Å². The van der Waals surface area contributed by atoms with Crippen LogP contribution in [0.4, 0.5) is 5.69 Å². The Morgan fingerprint density at radius 1 is 1.00 bits per heavy atom. The Morgan fingerprint density at radius 3 is 2.40 bits per heavy atom. The first-order valence-electron chi connectivity index (χ1n) is 10.1. The minimum absolute atomic E-state index is 0.137. The van der Waals surface area contributed by atoms with E-state index in [1.165, 1.54) is 17.4 Å². The number of anilines is 1. The maximum Gasteiger partial charge on any atom is 0.233 e. The van der Waals surface area contributed by atoms with Crippen molar-refractivity contribution in [2.75, 3.05) is 36.8 Å². The SMILES string of the molecule is CCn1c(SCC(=O)N2CCN(c3ccccc3)CC2)nnc1-c1ccccc1Cl. The van der Waals surface area contributed by atoms with E-state index < -0.39 is 0 Å². The molecule has 6 nitrogen and oxygen atoms in total. The third-order valence-electron chi connectivity index (χ3n) is 5.23. The summed E-state index contributed by atoms with van der Waals surface area (Å²) in [5.74, 6) is 1.22. The summed E-state index contributed by atoms with van der Waals surface area (Å²) >= 11 is 7.76. The number of hydrogen-bond acceptors (Lipinski definition) is 5. The van der Waals surface area contributed by atoms with Crippen molar-refractivity contribution < 1.29 is 4.79 Å². The van der Waals surface area contributed by atoms with Crippen LogP contribution in [0.25, 0.3) is 11.4 Å². The quantitative estimate of drug-likeness (QED) is 0.540. The van der Waals surface area contributed by atoms with E-state index in [0.717, 1.165) is 42.7 Å². The number of rotatable bonds is 6. The van der Waals surface area contributed by atoms with Gasteiger partial charge < -0.3 is 14.4 Å². The molecular formula is C22H24ClN5OS. The van der Waals surface area contributed by atoms with Gasteiger partial charge in [-0.25, -0.2) is 0 Å². The molecule has 1 amide bonds. The van der Waals surface area contributed by atoms with E-state index in [4.69, 9.17) is 11.6 Å². The fourth-order valence-corrected chi connectivity index (χ4v) is 4.72. The van der Waals surface area contributed by atoms with Gasteiger partial charge in [-0.15, -0.1) is 10.2 Å². The van der Waals surface area contributed by atoms with Gasteiger partial charge in [-0.2, -0.15) is 0 Å². The molecule has 1 saturated heterocycles. The summed E-state index contributed by atoms with van der Waals surface area (Å²) in [6, 6.07) is 17.9. The highest BCUT2D eigenvalue weighted by atomic mass is 35.5. The van der Waals surface area contributed by atoms with Crippen molar-refractivity contribution >= 4 is 35.0 Å². The number of benzene rings is 2. The topological polar surface area (TPSA) is 54.3 Å². The van der Waals surface area contributed by atoms with Crippen LogP contribution in [-0.4, -0.2) is 57.5 Å². The molecule has 1 aliphatic heterocycles. The van der Waals surface area contributed by atoms with Gasteiger partial charge in [0.15, 0.2) is 11.0 Å². The molecule has 1 aliphatic rings. The average molecular weight is 442 g/mol. The lowest BCUT2D eigenvalue weighted by atomic mass is 10.2. The number of nitrogens with zero attached hydrogens (tertiary/aromatic N) is 5. The molecule has 30 heavy (non-hydrogen) atoms. The Hall–Kier alpha value is -2.51. The summed E-state index contributed by atoms with van der Waals surface area (Å²) in [7, 11) is 0. The summed E-state index contributed by atoms with van der Waals surface area (Å²) in [5.41, 5.74) is 2.06. The second-order valence-corrected chi connectivity index (χ2v) is 8.37. The molecule has 0 radical (unpaired) electrons. The van der Waals surface area contributed by atoms with Gasteiger partial charge in [0.25, 0.3) is 0 Å². The van der Waals surface area contributed by atoms with E-state index in [9.17, 15) is 4.79 Å². The maximum absolute atomic E-state index is 12.8. The van der Waals surface area contributed by atoms with Gasteiger partial charge in [-0.05, 0) is 31.2 Å². The molecule has 1 fully saturated rings. The normalized spacial score (nSPS) is 14.2. The molecule has 156 valence electrons. The second-order valence-electron chi connectivity index (χ2n) is 7.02. The number of carbonyl (C=O) groups is 1. The van der Waals surface area contributed by atoms with Gasteiger partial charge in [0, 0.05) is 44.0 Å². The van der Waals surface area contributed by atoms with E-state index in [-0.39, 0.29) is 5.91 Å². The van der Waals surface area contributed by atoms with E-state index in [2.05, 4.69) is 27.2 Å². The van der Waals surface area contributed by atoms with Crippen LogP contribution in [0.3, 0.4) is 0 Å². The zero-order valence-electron chi connectivity index (χ0n) is 16.9. The van der Waals surface area contributed by atoms with Crippen molar-refractivity contribution in [1.29, 1.82) is 0 Å². The van der Waals surface area contributed by atoms with Crippen molar-refractivity contribution in [2.24, 2.45) is 0 Å². The summed E-state index contributed by atoms with van der Waals surface area (Å²) in [6.07, 6.45) is 0. The number of amides is 1. The van der Waals surface area contributed by atoms with Crippen LogP contribution in [0.5, 0.6) is 0 Å². The molecule has 0 unspecified atom stereocenters. The highest BCUT2D eigenvalue weighted by Crippen LogP contribution is 2.29. The number of para-hydroxylation sites is 1. The van der Waals surface area contributed by atoms with Crippen molar-refractivity contribution in [3.63, 3.8) is 0 Å². The lowest BCUT2D eigenvalue weighted by Gasteiger charge is -2.36. The summed E-state index contributed by atoms with van der Waals surface area (Å²) in [4.78, 5) is 17.0. The number of halogens is 1. The highest BCUT2D eigenvalue weighted by molar-refractivity contribution is 7.99. The highest BCUT2D eigenvalue weighted by Gasteiger charge is 2.22. The number of aromatic nitrogens is 3. The Kier molecular flexibility index (Phi) is 6.59. The molecule has 4 rings (SSSR count). The molecule has 0 N–H and O–H groups in total. The zero-order valence-corrected chi connectivity index (χ0v) is 18.4. The summed E-state index contributed by atoms with van der Waals surface area (Å²) < 4.78 is 2.01. The maximum atomic E-state index is 12.8. The van der Waals surface area contributed by atoms with Crippen LogP contribution in [-0.2, 0) is 11.3 Å². The largest absolute Gasteiger partial charge is 0.368 e. The molecule has 0 aliphatic carbocycles. The first-order chi connectivity index (χ1) is 14.7. The first-order valence-corrected chi connectivity index (χ1v) is 11.4. The Balaban J connectivity index is 1.36. The van der Waals surface area contributed by atoms with Crippen LogP contribution in [0.1, 0.15) is 6.92 Å². The van der Waals surface area contributed by atoms with Gasteiger partial charge in [0.2, 0.25) is 5.91 Å². The number of thioether (sulfide) groups is 1. The van der Waals surface area contributed by atoms with Crippen molar-refractivity contribution in [3.8, 4) is 11.4 Å². The van der Waals surface area contributed by atoms with Gasteiger partial charge in [-0.3, -0.25) is 4.79 Å². The summed E-state index contributed by atoms with van der Waals surface area (Å²) in [5, 5.41) is 10.0. The van der Waals surface area contributed by atoms with Crippen molar-refractivity contribution in [3.05, 3.63) is 59.6 Å². The molecule has 8 heteroatoms. The minimum atomic E-state index is 0.137. The van der Waals surface area contributed by atoms with Gasteiger partial charge in [0.05, 0.1) is 10.8 Å². The molecule has 0 atom stereocenters. The van der Waals surface area contributed by atoms with Crippen LogP contribution in [0.2, 0.25) is 5.02 Å². The predicted octanol–water partition coefficient (Wildman–Crippen LogP) is 4.06. The number of hydrogen-bond donors (Lipinski definition) is 0. The molecule has 2 heterocycles. The van der Waals surface area contributed by atoms with E-state index in [0.29, 0.717) is 17.3 Å². The van der Waals surface area contributed by atoms with Crippen LogP contribution in [0, 0.1) is 0 Å². The summed E-state index contributed by atoms with van der Waals surface area (Å²) in [6.45, 7) is 5.92. The number of carbonyl (C=O) groups excluding carboxylic acids is 1. The zero-order chi connectivity index (χ0) is 20.9. The van der Waals surface area contributed by atoms with E-state index >= 15 is 0 Å². The lowest BCUT2D eigenvalue weighted by Crippen LogP contribution is -2.49. The third kappa shape index (κ3) is 4.47. The van der Waals surface area contributed by atoms with Gasteiger partial charge in [-0.1, -0.05) is 53.7 Å². The van der Waals surface area contributed by atoms with Crippen molar-refractivity contribution in [2.45, 2.75) is 18.6 Å². The average Bonchev–Trinajstić information content (AvgIpc) is 3.21. The lowest BCUT2D eigenvalue weighted by molar-refractivity contribution is -0.128. The Labute approximate surface area is 185 Å². The molecular weight excluding hydrogens is 418 g/mol. The molecule has 2 aromatic carbocycles.